The molecule has 3 N–H and O–H groups in total. The van der Waals surface area contributed by atoms with Gasteiger partial charge >= 0.3 is 5.97 Å². The van der Waals surface area contributed by atoms with Crippen molar-refractivity contribution in [3.8, 4) is 0 Å². The van der Waals surface area contributed by atoms with Crippen LogP contribution < -0.4 is 5.32 Å². The van der Waals surface area contributed by atoms with Crippen LogP contribution in [0, 0.1) is 26.2 Å². The summed E-state index contributed by atoms with van der Waals surface area (Å²) in [7, 11) is 0. The molecular weight excluding hydrogens is 304 g/mol. The lowest BCUT2D eigenvalue weighted by atomic mass is 9.66. The van der Waals surface area contributed by atoms with Crippen LogP contribution in [-0.4, -0.2) is 22.0 Å². The summed E-state index contributed by atoms with van der Waals surface area (Å²) in [6, 6.07) is 4.21. The summed E-state index contributed by atoms with van der Waals surface area (Å²) in [6.07, 6.45) is 2.15. The van der Waals surface area contributed by atoms with Crippen molar-refractivity contribution in [3.05, 3.63) is 34.5 Å². The van der Waals surface area contributed by atoms with Gasteiger partial charge in [0, 0.05) is 24.0 Å². The molecule has 0 bridgehead atoms. The van der Waals surface area contributed by atoms with Gasteiger partial charge in [-0.3, -0.25) is 9.59 Å². The molecule has 1 aromatic heterocycles. The summed E-state index contributed by atoms with van der Waals surface area (Å²) in [6.45, 7) is 6.58. The van der Waals surface area contributed by atoms with Crippen molar-refractivity contribution in [1.29, 1.82) is 0 Å². The predicted molar refractivity (Wildman–Crippen MR) is 92.9 cm³/mol. The van der Waals surface area contributed by atoms with Crippen molar-refractivity contribution < 1.29 is 14.7 Å². The number of aliphatic carboxylic acids is 1. The van der Waals surface area contributed by atoms with E-state index in [1.54, 1.807) is 0 Å². The van der Waals surface area contributed by atoms with Crippen LogP contribution in [0.2, 0.25) is 0 Å². The zero-order valence-electron chi connectivity index (χ0n) is 14.5. The third kappa shape index (κ3) is 2.79. The van der Waals surface area contributed by atoms with Crippen LogP contribution in [-0.2, 0) is 16.1 Å². The van der Waals surface area contributed by atoms with Gasteiger partial charge in [-0.05, 0) is 50.8 Å². The molecule has 0 unspecified atom stereocenters. The van der Waals surface area contributed by atoms with E-state index in [4.69, 9.17) is 0 Å². The minimum absolute atomic E-state index is 0.0695. The Balaban J connectivity index is 1.75. The van der Waals surface area contributed by atoms with Gasteiger partial charge in [-0.1, -0.05) is 18.1 Å². The first-order valence-corrected chi connectivity index (χ1v) is 8.41. The van der Waals surface area contributed by atoms with Crippen LogP contribution in [0.5, 0.6) is 0 Å². The molecule has 0 aliphatic heterocycles. The van der Waals surface area contributed by atoms with Gasteiger partial charge in [0.05, 0.1) is 10.9 Å². The number of fused-ring (bicyclic) bond motifs is 1. The summed E-state index contributed by atoms with van der Waals surface area (Å²) in [4.78, 5) is 27.0. The minimum atomic E-state index is -0.850. The summed E-state index contributed by atoms with van der Waals surface area (Å²) in [5.41, 5.74) is 4.74. The lowest BCUT2D eigenvalue weighted by molar-refractivity contribution is -0.157. The number of H-pyrrole nitrogens is 1. The minimum Gasteiger partial charge on any atom is -0.481 e. The molecule has 0 atom stereocenters. The van der Waals surface area contributed by atoms with Gasteiger partial charge in [-0.25, -0.2) is 0 Å². The number of carboxylic acids is 1. The molecule has 5 heteroatoms. The molecule has 1 aromatic carbocycles. The Hall–Kier alpha value is -2.30. The monoisotopic (exact) mass is 328 g/mol. The number of amides is 1. The second-order valence-electron chi connectivity index (χ2n) is 7.11. The third-order valence-corrected chi connectivity index (χ3v) is 5.38. The maximum absolute atomic E-state index is 12.2. The van der Waals surface area contributed by atoms with Crippen LogP contribution in [0.25, 0.3) is 10.9 Å². The molecule has 1 aliphatic carbocycles. The fraction of sp³-hybridized carbons (Fsp3) is 0.474. The standard InChI is InChI=1S/C19H24N2O3/c1-11-7-14(17-15(8-11)12(2)13(3)21-17)10-20-16(22)9-19(18(23)24)5-4-6-19/h7-8,21H,4-6,9-10H2,1-3H3,(H,20,22)(H,23,24). The van der Waals surface area contributed by atoms with E-state index in [9.17, 15) is 14.7 Å². The first kappa shape index (κ1) is 16.6. The highest BCUT2D eigenvalue weighted by Crippen LogP contribution is 2.44. The maximum atomic E-state index is 12.2. The average Bonchev–Trinajstić information content (AvgIpc) is 2.76. The predicted octanol–water partition coefficient (Wildman–Crippen LogP) is 3.35. The first-order chi connectivity index (χ1) is 11.3. The highest BCUT2D eigenvalue weighted by molar-refractivity contribution is 5.89. The van der Waals surface area contributed by atoms with E-state index < -0.39 is 11.4 Å². The average molecular weight is 328 g/mol. The number of hydrogen-bond donors (Lipinski definition) is 3. The van der Waals surface area contributed by atoms with Crippen LogP contribution in [0.15, 0.2) is 12.1 Å². The molecule has 1 amide bonds. The Morgan fingerprint density at radius 2 is 1.96 bits per heavy atom. The zero-order valence-corrected chi connectivity index (χ0v) is 14.5. The van der Waals surface area contributed by atoms with E-state index in [2.05, 4.69) is 29.4 Å². The molecule has 5 nitrogen and oxygen atoms in total. The molecule has 1 saturated carbocycles. The molecule has 2 aromatic rings. The largest absolute Gasteiger partial charge is 0.481 e. The fourth-order valence-corrected chi connectivity index (χ4v) is 3.56. The summed E-state index contributed by atoms with van der Waals surface area (Å²) in [5.74, 6) is -1.04. The molecule has 0 radical (unpaired) electrons. The van der Waals surface area contributed by atoms with E-state index >= 15 is 0 Å². The van der Waals surface area contributed by atoms with Gasteiger partial charge in [-0.2, -0.15) is 0 Å². The van der Waals surface area contributed by atoms with Crippen molar-refractivity contribution in [1.82, 2.24) is 10.3 Å². The Kier molecular flexibility index (Phi) is 4.11. The SMILES string of the molecule is Cc1cc(CNC(=O)CC2(C(=O)O)CCC2)c2[nH]c(C)c(C)c2c1. The smallest absolute Gasteiger partial charge is 0.310 e. The van der Waals surface area contributed by atoms with Gasteiger partial charge < -0.3 is 15.4 Å². The molecular formula is C19H24N2O3. The van der Waals surface area contributed by atoms with Gasteiger partial charge in [0.15, 0.2) is 0 Å². The zero-order chi connectivity index (χ0) is 17.5. The highest BCUT2D eigenvalue weighted by atomic mass is 16.4. The Morgan fingerprint density at radius 1 is 1.25 bits per heavy atom. The molecule has 0 spiro atoms. The fourth-order valence-electron chi connectivity index (χ4n) is 3.56. The summed E-state index contributed by atoms with van der Waals surface area (Å²) in [5, 5.41) is 13.4. The number of hydrogen-bond acceptors (Lipinski definition) is 2. The van der Waals surface area contributed by atoms with Crippen molar-refractivity contribution in [3.63, 3.8) is 0 Å². The Morgan fingerprint density at radius 3 is 2.54 bits per heavy atom. The molecule has 128 valence electrons. The highest BCUT2D eigenvalue weighted by Gasteiger charge is 2.45. The number of aromatic nitrogens is 1. The molecule has 24 heavy (non-hydrogen) atoms. The maximum Gasteiger partial charge on any atom is 0.310 e. The molecule has 3 rings (SSSR count). The van der Waals surface area contributed by atoms with Crippen molar-refractivity contribution in [2.24, 2.45) is 5.41 Å². The number of aromatic amines is 1. The molecule has 1 heterocycles. The van der Waals surface area contributed by atoms with Crippen LogP contribution in [0.3, 0.4) is 0 Å². The lowest BCUT2D eigenvalue weighted by Gasteiger charge is -2.36. The topological polar surface area (TPSA) is 82.2 Å². The van der Waals surface area contributed by atoms with Gasteiger partial charge in [0.25, 0.3) is 0 Å². The lowest BCUT2D eigenvalue weighted by Crippen LogP contribution is -2.42. The van der Waals surface area contributed by atoms with Crippen molar-refractivity contribution >= 4 is 22.8 Å². The van der Waals surface area contributed by atoms with E-state index in [-0.39, 0.29) is 12.3 Å². The van der Waals surface area contributed by atoms with E-state index in [1.807, 2.05) is 13.8 Å². The number of nitrogens with one attached hydrogen (secondary N) is 2. The summed E-state index contributed by atoms with van der Waals surface area (Å²) < 4.78 is 0. The summed E-state index contributed by atoms with van der Waals surface area (Å²) >= 11 is 0. The van der Waals surface area contributed by atoms with E-state index in [0.29, 0.717) is 19.4 Å². The van der Waals surface area contributed by atoms with E-state index in [1.165, 1.54) is 10.9 Å². The van der Waals surface area contributed by atoms with E-state index in [0.717, 1.165) is 28.8 Å². The molecule has 0 saturated heterocycles. The first-order valence-electron chi connectivity index (χ1n) is 8.41. The third-order valence-electron chi connectivity index (χ3n) is 5.38. The van der Waals surface area contributed by atoms with Crippen molar-refractivity contribution in [2.75, 3.05) is 0 Å². The number of carbonyl (C=O) groups excluding carboxylic acids is 1. The Labute approximate surface area is 141 Å². The van der Waals surface area contributed by atoms with Crippen molar-refractivity contribution in [2.45, 2.75) is 53.0 Å². The molecule has 1 fully saturated rings. The number of carbonyl (C=O) groups is 2. The quantitative estimate of drug-likeness (QED) is 0.787. The second kappa shape index (κ2) is 5.96. The number of carboxylic acid groups (broad SMARTS) is 1. The number of rotatable bonds is 5. The second-order valence-corrected chi connectivity index (χ2v) is 7.11. The number of benzene rings is 1. The normalized spacial score (nSPS) is 16.0. The van der Waals surface area contributed by atoms with Gasteiger partial charge in [-0.15, -0.1) is 0 Å². The van der Waals surface area contributed by atoms with Crippen LogP contribution in [0.1, 0.15) is 48.1 Å². The van der Waals surface area contributed by atoms with Gasteiger partial charge in [0.1, 0.15) is 0 Å². The van der Waals surface area contributed by atoms with Crippen LogP contribution in [0.4, 0.5) is 0 Å². The molecule has 1 aliphatic rings. The van der Waals surface area contributed by atoms with Crippen LogP contribution >= 0.6 is 0 Å². The Bertz CT molecular complexity index is 816. The number of aryl methyl sites for hydroxylation is 3. The van der Waals surface area contributed by atoms with Gasteiger partial charge in [0.2, 0.25) is 5.91 Å².